The summed E-state index contributed by atoms with van der Waals surface area (Å²) in [5.74, 6) is 1.42. The first-order chi connectivity index (χ1) is 10.8. The highest BCUT2D eigenvalue weighted by Gasteiger charge is 2.30. The Hall–Kier alpha value is -1.61. The molecule has 3 nitrogen and oxygen atoms in total. The van der Waals surface area contributed by atoms with Gasteiger partial charge in [-0.2, -0.15) is 0 Å². The average molecular weight is 299 g/mol. The van der Waals surface area contributed by atoms with E-state index < -0.39 is 0 Å². The second kappa shape index (κ2) is 7.10. The van der Waals surface area contributed by atoms with E-state index in [-0.39, 0.29) is 5.92 Å². The van der Waals surface area contributed by atoms with Crippen molar-refractivity contribution in [2.24, 2.45) is 5.92 Å². The summed E-state index contributed by atoms with van der Waals surface area (Å²) < 4.78 is 5.17. The lowest BCUT2D eigenvalue weighted by atomic mass is 10.0. The Morgan fingerprint density at radius 2 is 1.91 bits per heavy atom. The van der Waals surface area contributed by atoms with Gasteiger partial charge in [-0.3, -0.25) is 4.79 Å². The van der Waals surface area contributed by atoms with Crippen LogP contribution in [-0.2, 0) is 4.79 Å². The molecule has 1 aliphatic carbocycles. The summed E-state index contributed by atoms with van der Waals surface area (Å²) in [5.41, 5.74) is 2.08. The van der Waals surface area contributed by atoms with Gasteiger partial charge in [0.15, 0.2) is 5.78 Å². The molecule has 1 saturated heterocycles. The molecule has 1 heterocycles. The van der Waals surface area contributed by atoms with E-state index in [4.69, 9.17) is 4.74 Å². The number of ether oxygens (including phenoxy) is 1. The molecule has 1 aliphatic heterocycles. The second-order valence-electron chi connectivity index (χ2n) is 6.40. The molecule has 1 aromatic carbocycles. The van der Waals surface area contributed by atoms with Crippen molar-refractivity contribution in [3.05, 3.63) is 35.4 Å². The molecule has 22 heavy (non-hydrogen) atoms. The third kappa shape index (κ3) is 3.58. The largest absolute Gasteiger partial charge is 0.497 e. The number of Topliss-reactive ketones (excluding diaryl/α,β-unsaturated/α-hetero) is 1. The van der Waals surface area contributed by atoms with Crippen LogP contribution in [0.15, 0.2) is 29.8 Å². The number of ketones is 1. The minimum Gasteiger partial charge on any atom is -0.497 e. The molecule has 3 rings (SSSR count). The summed E-state index contributed by atoms with van der Waals surface area (Å²) in [4.78, 5) is 15.1. The maximum Gasteiger partial charge on any atom is 0.163 e. The Bertz CT molecular complexity index is 541. The molecule has 0 bridgehead atoms. The van der Waals surface area contributed by atoms with Gasteiger partial charge in [0, 0.05) is 12.5 Å². The molecular weight excluding hydrogens is 274 g/mol. The van der Waals surface area contributed by atoms with Crippen LogP contribution >= 0.6 is 0 Å². The topological polar surface area (TPSA) is 29.5 Å². The van der Waals surface area contributed by atoms with E-state index in [0.29, 0.717) is 5.78 Å². The predicted molar refractivity (Wildman–Crippen MR) is 89.0 cm³/mol. The Morgan fingerprint density at radius 1 is 1.18 bits per heavy atom. The maximum absolute atomic E-state index is 12.6. The van der Waals surface area contributed by atoms with Crippen molar-refractivity contribution >= 4 is 11.9 Å². The summed E-state index contributed by atoms with van der Waals surface area (Å²) >= 11 is 0. The Morgan fingerprint density at radius 3 is 2.59 bits per heavy atom. The molecule has 0 N–H and O–H groups in total. The fraction of sp³-hybridized carbons (Fsp3) is 0.526. The lowest BCUT2D eigenvalue weighted by Crippen LogP contribution is -2.35. The summed E-state index contributed by atoms with van der Waals surface area (Å²) in [5, 5.41) is 0. The van der Waals surface area contributed by atoms with Gasteiger partial charge >= 0.3 is 0 Å². The van der Waals surface area contributed by atoms with Gasteiger partial charge in [0.25, 0.3) is 0 Å². The smallest absolute Gasteiger partial charge is 0.163 e. The predicted octanol–water partition coefficient (Wildman–Crippen LogP) is 3.54. The van der Waals surface area contributed by atoms with Crippen LogP contribution < -0.4 is 4.74 Å². The van der Waals surface area contributed by atoms with Gasteiger partial charge in [-0.15, -0.1) is 0 Å². The Balaban J connectivity index is 1.63. The fourth-order valence-electron chi connectivity index (χ4n) is 3.52. The summed E-state index contributed by atoms with van der Waals surface area (Å²) in [6.07, 6.45) is 7.90. The third-order valence-corrected chi connectivity index (χ3v) is 4.83. The number of hydrogen-bond donors (Lipinski definition) is 0. The van der Waals surface area contributed by atoms with Crippen molar-refractivity contribution in [2.75, 3.05) is 26.7 Å². The highest BCUT2D eigenvalue weighted by Crippen LogP contribution is 2.30. The minimum absolute atomic E-state index is 0.211. The highest BCUT2D eigenvalue weighted by atomic mass is 16.5. The number of benzene rings is 1. The Labute approximate surface area is 133 Å². The number of likely N-dealkylation sites (tertiary alicyclic amines) is 1. The first-order valence-corrected chi connectivity index (χ1v) is 8.37. The standard InChI is InChI=1S/C19H25NO2/c1-22-18-9-5-15(6-10-18)13-16-7-8-17(19(16)21)14-20-11-3-2-4-12-20/h5-6,9-10,13,17H,2-4,7-8,11-12,14H2,1H3/b16-13+. The van der Waals surface area contributed by atoms with Crippen LogP contribution in [0.5, 0.6) is 5.75 Å². The van der Waals surface area contributed by atoms with Crippen molar-refractivity contribution in [3.8, 4) is 5.75 Å². The molecule has 1 saturated carbocycles. The molecule has 0 spiro atoms. The van der Waals surface area contributed by atoms with Gasteiger partial charge < -0.3 is 9.64 Å². The lowest BCUT2D eigenvalue weighted by molar-refractivity contribution is -0.118. The van der Waals surface area contributed by atoms with E-state index in [9.17, 15) is 4.79 Å². The molecule has 118 valence electrons. The number of carbonyl (C=O) groups excluding carboxylic acids is 1. The van der Waals surface area contributed by atoms with Crippen molar-refractivity contribution in [1.29, 1.82) is 0 Å². The molecule has 3 heteroatoms. The molecule has 2 aliphatic rings. The molecule has 0 radical (unpaired) electrons. The van der Waals surface area contributed by atoms with Crippen LogP contribution in [-0.4, -0.2) is 37.4 Å². The van der Waals surface area contributed by atoms with Crippen LogP contribution in [0.2, 0.25) is 0 Å². The van der Waals surface area contributed by atoms with Crippen LogP contribution in [0.4, 0.5) is 0 Å². The molecular formula is C19H25NO2. The van der Waals surface area contributed by atoms with Crippen LogP contribution in [0, 0.1) is 5.92 Å². The van der Waals surface area contributed by atoms with E-state index in [1.165, 1.54) is 32.4 Å². The normalized spacial score (nSPS) is 24.9. The number of methoxy groups -OCH3 is 1. The molecule has 1 aromatic rings. The third-order valence-electron chi connectivity index (χ3n) is 4.83. The van der Waals surface area contributed by atoms with Gasteiger partial charge in [0.2, 0.25) is 0 Å². The van der Waals surface area contributed by atoms with E-state index in [2.05, 4.69) is 11.0 Å². The van der Waals surface area contributed by atoms with Crippen molar-refractivity contribution in [2.45, 2.75) is 32.1 Å². The zero-order valence-electron chi connectivity index (χ0n) is 13.4. The maximum atomic E-state index is 12.6. The van der Waals surface area contributed by atoms with E-state index in [0.717, 1.165) is 36.3 Å². The fourth-order valence-corrected chi connectivity index (χ4v) is 3.52. The number of nitrogens with zero attached hydrogens (tertiary/aromatic N) is 1. The zero-order chi connectivity index (χ0) is 15.4. The van der Waals surface area contributed by atoms with Crippen LogP contribution in [0.25, 0.3) is 6.08 Å². The van der Waals surface area contributed by atoms with Crippen LogP contribution in [0.1, 0.15) is 37.7 Å². The SMILES string of the molecule is COc1ccc(/C=C2\CCC(CN3CCCCC3)C2=O)cc1. The number of rotatable bonds is 4. The van der Waals surface area contributed by atoms with E-state index in [1.54, 1.807) is 7.11 Å². The van der Waals surface area contributed by atoms with E-state index >= 15 is 0 Å². The molecule has 0 amide bonds. The number of piperidine rings is 1. The van der Waals surface area contributed by atoms with Gasteiger partial charge in [-0.1, -0.05) is 18.6 Å². The number of hydrogen-bond acceptors (Lipinski definition) is 3. The second-order valence-corrected chi connectivity index (χ2v) is 6.40. The average Bonchev–Trinajstić information content (AvgIpc) is 2.90. The van der Waals surface area contributed by atoms with Crippen molar-refractivity contribution in [1.82, 2.24) is 4.90 Å². The van der Waals surface area contributed by atoms with Crippen molar-refractivity contribution in [3.63, 3.8) is 0 Å². The summed E-state index contributed by atoms with van der Waals surface area (Å²) in [6, 6.07) is 7.90. The van der Waals surface area contributed by atoms with Crippen molar-refractivity contribution < 1.29 is 9.53 Å². The molecule has 0 aromatic heterocycles. The number of allylic oxidation sites excluding steroid dienone is 1. The first-order valence-electron chi connectivity index (χ1n) is 8.37. The van der Waals surface area contributed by atoms with Crippen LogP contribution in [0.3, 0.4) is 0 Å². The lowest BCUT2D eigenvalue weighted by Gasteiger charge is -2.28. The quantitative estimate of drug-likeness (QED) is 0.796. The van der Waals surface area contributed by atoms with E-state index in [1.807, 2.05) is 24.3 Å². The minimum atomic E-state index is 0.211. The summed E-state index contributed by atoms with van der Waals surface area (Å²) in [7, 11) is 1.67. The zero-order valence-corrected chi connectivity index (χ0v) is 13.4. The first kappa shape index (κ1) is 15.3. The summed E-state index contributed by atoms with van der Waals surface area (Å²) in [6.45, 7) is 3.29. The molecule has 2 fully saturated rings. The molecule has 1 atom stereocenters. The molecule has 1 unspecified atom stereocenters. The van der Waals surface area contributed by atoms with Gasteiger partial charge in [-0.25, -0.2) is 0 Å². The van der Waals surface area contributed by atoms with Gasteiger partial charge in [0.05, 0.1) is 7.11 Å². The van der Waals surface area contributed by atoms with Gasteiger partial charge in [-0.05, 0) is 68.1 Å². The highest BCUT2D eigenvalue weighted by molar-refractivity contribution is 6.03. The monoisotopic (exact) mass is 299 g/mol. The Kier molecular flexibility index (Phi) is 4.94. The van der Waals surface area contributed by atoms with Gasteiger partial charge in [0.1, 0.15) is 5.75 Å². The number of carbonyl (C=O) groups is 1.